The molecule has 16 heavy (non-hydrogen) atoms. The highest BCUT2D eigenvalue weighted by Crippen LogP contribution is 2.33. The average molecular weight is 262 g/mol. The van der Waals surface area contributed by atoms with Crippen LogP contribution in [0.1, 0.15) is 13.8 Å². The van der Waals surface area contributed by atoms with Crippen LogP contribution in [-0.2, 0) is 4.79 Å². The minimum Gasteiger partial charge on any atom is -0.487 e. The van der Waals surface area contributed by atoms with Crippen molar-refractivity contribution in [3.05, 3.63) is 23.2 Å². The minimum atomic E-state index is -0.294. The van der Waals surface area contributed by atoms with Crippen molar-refractivity contribution in [3.63, 3.8) is 0 Å². The van der Waals surface area contributed by atoms with E-state index < -0.39 is 0 Å². The quantitative estimate of drug-likeness (QED) is 0.845. The molecule has 0 aliphatic carbocycles. The van der Waals surface area contributed by atoms with Gasteiger partial charge in [0.1, 0.15) is 5.88 Å². The molecule has 1 N–H and O–H groups in total. The number of para-hydroxylation sites is 1. The maximum absolute atomic E-state index is 11.2. The molecule has 0 unspecified atom stereocenters. The van der Waals surface area contributed by atoms with Crippen molar-refractivity contribution in [1.29, 1.82) is 0 Å². The summed E-state index contributed by atoms with van der Waals surface area (Å²) in [5.41, 5.74) is 0.534. The van der Waals surface area contributed by atoms with Crippen LogP contribution in [0.25, 0.3) is 0 Å². The van der Waals surface area contributed by atoms with Gasteiger partial charge < -0.3 is 10.1 Å². The van der Waals surface area contributed by atoms with Crippen LogP contribution in [0.4, 0.5) is 5.69 Å². The van der Waals surface area contributed by atoms with Crippen LogP contribution in [0.3, 0.4) is 0 Å². The third-order valence-electron chi connectivity index (χ3n) is 1.72. The van der Waals surface area contributed by atoms with Crippen LogP contribution in [0.2, 0.25) is 5.02 Å². The van der Waals surface area contributed by atoms with Gasteiger partial charge in [0.25, 0.3) is 0 Å². The summed E-state index contributed by atoms with van der Waals surface area (Å²) in [7, 11) is 0. The van der Waals surface area contributed by atoms with E-state index in [2.05, 4.69) is 5.32 Å². The third-order valence-corrected chi connectivity index (χ3v) is 2.26. The molecule has 3 nitrogen and oxygen atoms in total. The Balaban J connectivity index is 2.98. The van der Waals surface area contributed by atoms with Crippen LogP contribution in [0, 0.1) is 0 Å². The molecule has 0 spiro atoms. The summed E-state index contributed by atoms with van der Waals surface area (Å²) < 4.78 is 5.53. The summed E-state index contributed by atoms with van der Waals surface area (Å²) >= 11 is 11.4. The number of alkyl halides is 1. The zero-order valence-electron chi connectivity index (χ0n) is 9.09. The van der Waals surface area contributed by atoms with Crippen molar-refractivity contribution in [1.82, 2.24) is 0 Å². The van der Waals surface area contributed by atoms with E-state index in [0.717, 1.165) is 0 Å². The lowest BCUT2D eigenvalue weighted by atomic mass is 10.3. The molecular weight excluding hydrogens is 249 g/mol. The first-order chi connectivity index (χ1) is 7.54. The second kappa shape index (κ2) is 5.97. The minimum absolute atomic E-state index is 0.0217. The summed E-state index contributed by atoms with van der Waals surface area (Å²) in [4.78, 5) is 11.2. The van der Waals surface area contributed by atoms with Crippen molar-refractivity contribution in [3.8, 4) is 5.75 Å². The fourth-order valence-corrected chi connectivity index (χ4v) is 1.43. The number of halogens is 2. The molecule has 0 bridgehead atoms. The van der Waals surface area contributed by atoms with E-state index in [1.165, 1.54) is 0 Å². The van der Waals surface area contributed by atoms with E-state index in [-0.39, 0.29) is 17.9 Å². The van der Waals surface area contributed by atoms with Gasteiger partial charge in [-0.25, -0.2) is 0 Å². The Morgan fingerprint density at radius 1 is 1.50 bits per heavy atom. The molecule has 0 saturated heterocycles. The lowest BCUT2D eigenvalue weighted by molar-refractivity contribution is -0.113. The summed E-state index contributed by atoms with van der Waals surface area (Å²) in [6, 6.07) is 5.16. The molecule has 1 aromatic rings. The van der Waals surface area contributed by atoms with Crippen molar-refractivity contribution in [2.45, 2.75) is 20.0 Å². The van der Waals surface area contributed by atoms with Crippen LogP contribution in [0.15, 0.2) is 18.2 Å². The van der Waals surface area contributed by atoms with Gasteiger partial charge in [-0.2, -0.15) is 0 Å². The van der Waals surface area contributed by atoms with Gasteiger partial charge in [-0.15, -0.1) is 11.6 Å². The number of carbonyl (C=O) groups excluding carboxylic acids is 1. The number of hydrogen-bond acceptors (Lipinski definition) is 2. The van der Waals surface area contributed by atoms with E-state index >= 15 is 0 Å². The molecule has 1 aromatic carbocycles. The summed E-state index contributed by atoms with van der Waals surface area (Å²) in [6.45, 7) is 3.77. The Bertz CT molecular complexity index is 380. The Morgan fingerprint density at radius 2 is 2.19 bits per heavy atom. The third kappa shape index (κ3) is 3.58. The fraction of sp³-hybridized carbons (Fsp3) is 0.364. The number of ether oxygens (including phenoxy) is 1. The molecule has 0 fully saturated rings. The maximum atomic E-state index is 11.2. The topological polar surface area (TPSA) is 38.3 Å². The van der Waals surface area contributed by atoms with Crippen LogP contribution >= 0.6 is 23.2 Å². The summed E-state index contributed by atoms with van der Waals surface area (Å²) in [5, 5.41) is 3.09. The van der Waals surface area contributed by atoms with Crippen LogP contribution < -0.4 is 10.1 Å². The normalized spacial score (nSPS) is 10.3. The second-order valence-electron chi connectivity index (χ2n) is 3.46. The monoisotopic (exact) mass is 261 g/mol. The van der Waals surface area contributed by atoms with Gasteiger partial charge in [-0.1, -0.05) is 17.7 Å². The highest BCUT2D eigenvalue weighted by Gasteiger charge is 2.11. The standard InChI is InChI=1S/C11H13Cl2NO2/c1-7(2)16-11-8(13)4-3-5-9(11)14-10(15)6-12/h3-5,7H,6H2,1-2H3,(H,14,15). The van der Waals surface area contributed by atoms with Crippen LogP contribution in [0.5, 0.6) is 5.75 Å². The molecule has 0 aliphatic heterocycles. The Hall–Kier alpha value is -0.930. The van der Waals surface area contributed by atoms with E-state index in [1.54, 1.807) is 18.2 Å². The number of nitrogens with one attached hydrogen (secondary N) is 1. The van der Waals surface area contributed by atoms with E-state index in [9.17, 15) is 4.79 Å². The van der Waals surface area contributed by atoms with Gasteiger partial charge in [-0.3, -0.25) is 4.79 Å². The van der Waals surface area contributed by atoms with Gasteiger partial charge in [0, 0.05) is 0 Å². The summed E-state index contributed by atoms with van der Waals surface area (Å²) in [6.07, 6.45) is -0.0217. The fourth-order valence-electron chi connectivity index (χ4n) is 1.15. The molecule has 5 heteroatoms. The lowest BCUT2D eigenvalue weighted by Gasteiger charge is -2.15. The molecule has 1 amide bonds. The second-order valence-corrected chi connectivity index (χ2v) is 4.14. The molecular formula is C11H13Cl2NO2. The number of rotatable bonds is 4. The number of carbonyl (C=O) groups is 1. The van der Waals surface area contributed by atoms with E-state index in [1.807, 2.05) is 13.8 Å². The van der Waals surface area contributed by atoms with Gasteiger partial charge in [0.15, 0.2) is 5.75 Å². The Kier molecular flexibility index (Phi) is 4.90. The molecule has 1 rings (SSSR count). The molecule has 0 atom stereocenters. The highest BCUT2D eigenvalue weighted by atomic mass is 35.5. The lowest BCUT2D eigenvalue weighted by Crippen LogP contribution is -2.15. The van der Waals surface area contributed by atoms with Gasteiger partial charge in [-0.05, 0) is 26.0 Å². The van der Waals surface area contributed by atoms with E-state index in [0.29, 0.717) is 16.5 Å². The number of amides is 1. The highest BCUT2D eigenvalue weighted by molar-refractivity contribution is 6.33. The van der Waals surface area contributed by atoms with Crippen molar-refractivity contribution in [2.24, 2.45) is 0 Å². The Morgan fingerprint density at radius 3 is 2.75 bits per heavy atom. The first-order valence-corrected chi connectivity index (χ1v) is 5.76. The predicted octanol–water partition coefficient (Wildman–Crippen LogP) is 3.30. The number of hydrogen-bond donors (Lipinski definition) is 1. The molecule has 0 radical (unpaired) electrons. The van der Waals surface area contributed by atoms with Gasteiger partial charge in [0.2, 0.25) is 5.91 Å². The molecule has 0 aromatic heterocycles. The largest absolute Gasteiger partial charge is 0.487 e. The smallest absolute Gasteiger partial charge is 0.239 e. The van der Waals surface area contributed by atoms with E-state index in [4.69, 9.17) is 27.9 Å². The molecule has 0 aliphatic rings. The Labute approximate surface area is 105 Å². The SMILES string of the molecule is CC(C)Oc1c(Cl)cccc1NC(=O)CCl. The summed E-state index contributed by atoms with van der Waals surface area (Å²) in [5.74, 6) is 0.0725. The van der Waals surface area contributed by atoms with Crippen molar-refractivity contribution >= 4 is 34.8 Å². The van der Waals surface area contributed by atoms with Gasteiger partial charge >= 0.3 is 0 Å². The first kappa shape index (κ1) is 13.1. The van der Waals surface area contributed by atoms with Crippen molar-refractivity contribution in [2.75, 3.05) is 11.2 Å². The number of anilines is 1. The zero-order valence-corrected chi connectivity index (χ0v) is 10.6. The molecule has 0 heterocycles. The molecule has 0 saturated carbocycles. The molecule has 88 valence electrons. The van der Waals surface area contributed by atoms with Crippen molar-refractivity contribution < 1.29 is 9.53 Å². The predicted molar refractivity (Wildman–Crippen MR) is 66.6 cm³/mol. The average Bonchev–Trinajstić information content (AvgIpc) is 2.22. The van der Waals surface area contributed by atoms with Crippen LogP contribution in [-0.4, -0.2) is 17.9 Å². The maximum Gasteiger partial charge on any atom is 0.239 e. The van der Waals surface area contributed by atoms with Gasteiger partial charge in [0.05, 0.1) is 16.8 Å². The number of benzene rings is 1. The zero-order chi connectivity index (χ0) is 12.1. The first-order valence-electron chi connectivity index (χ1n) is 4.85.